The van der Waals surface area contributed by atoms with Crippen LogP contribution >= 0.6 is 11.3 Å². The van der Waals surface area contributed by atoms with Gasteiger partial charge in [0.15, 0.2) is 0 Å². The summed E-state index contributed by atoms with van der Waals surface area (Å²) < 4.78 is 0. The molecule has 1 aliphatic heterocycles. The quantitative estimate of drug-likeness (QED) is 0.829. The van der Waals surface area contributed by atoms with Crippen LogP contribution in [0.3, 0.4) is 0 Å². The van der Waals surface area contributed by atoms with E-state index in [0.717, 1.165) is 30.9 Å². The minimum atomic E-state index is 0.207. The highest BCUT2D eigenvalue weighted by Crippen LogP contribution is 2.23. The van der Waals surface area contributed by atoms with Crippen molar-refractivity contribution in [2.45, 2.75) is 12.8 Å². The molecular formula is C11H16N2OS. The molecule has 1 N–H and O–H groups in total. The van der Waals surface area contributed by atoms with E-state index in [1.807, 2.05) is 24.6 Å². The highest BCUT2D eigenvalue weighted by Gasteiger charge is 2.24. The number of carbonyl (C=O) groups is 1. The first kappa shape index (κ1) is 10.6. The largest absolute Gasteiger partial charge is 0.317 e. The second-order valence-corrected chi connectivity index (χ2v) is 4.80. The third kappa shape index (κ3) is 2.38. The van der Waals surface area contributed by atoms with E-state index in [0.29, 0.717) is 0 Å². The van der Waals surface area contributed by atoms with E-state index in [-0.39, 0.29) is 11.8 Å². The van der Waals surface area contributed by atoms with Crippen molar-refractivity contribution in [1.29, 1.82) is 0 Å². The number of thiophene rings is 1. The summed E-state index contributed by atoms with van der Waals surface area (Å²) in [5.41, 5.74) is 0. The van der Waals surface area contributed by atoms with Gasteiger partial charge in [0.1, 0.15) is 0 Å². The maximum absolute atomic E-state index is 12.1. The first-order valence-corrected chi connectivity index (χ1v) is 6.19. The van der Waals surface area contributed by atoms with Crippen molar-refractivity contribution in [2.75, 3.05) is 25.0 Å². The molecule has 3 nitrogen and oxygen atoms in total. The summed E-state index contributed by atoms with van der Waals surface area (Å²) in [5.74, 6) is 0.470. The number of rotatable bonds is 2. The summed E-state index contributed by atoms with van der Waals surface area (Å²) >= 11 is 1.61. The highest BCUT2D eigenvalue weighted by molar-refractivity contribution is 7.14. The fraction of sp³-hybridized carbons (Fsp3) is 0.545. The van der Waals surface area contributed by atoms with Crippen molar-refractivity contribution >= 4 is 22.2 Å². The zero-order valence-corrected chi connectivity index (χ0v) is 9.72. The SMILES string of the molecule is CN(C(=O)C1CCNCC1)c1cccs1. The van der Waals surface area contributed by atoms with E-state index in [9.17, 15) is 4.79 Å². The van der Waals surface area contributed by atoms with Crippen molar-refractivity contribution in [1.82, 2.24) is 5.32 Å². The van der Waals surface area contributed by atoms with Crippen LogP contribution in [0.15, 0.2) is 17.5 Å². The fourth-order valence-electron chi connectivity index (χ4n) is 1.91. The van der Waals surface area contributed by atoms with E-state index in [2.05, 4.69) is 5.32 Å². The summed E-state index contributed by atoms with van der Waals surface area (Å²) in [7, 11) is 1.87. The molecule has 2 heterocycles. The molecule has 1 aromatic heterocycles. The van der Waals surface area contributed by atoms with Gasteiger partial charge in [-0.1, -0.05) is 0 Å². The van der Waals surface area contributed by atoms with E-state index in [1.165, 1.54) is 0 Å². The molecule has 0 bridgehead atoms. The average molecular weight is 224 g/mol. The number of piperidine rings is 1. The average Bonchev–Trinajstić information content (AvgIpc) is 2.82. The Hall–Kier alpha value is -0.870. The molecule has 4 heteroatoms. The standard InChI is InChI=1S/C11H16N2OS/c1-13(10-3-2-8-15-10)11(14)9-4-6-12-7-5-9/h2-3,8-9,12H,4-7H2,1H3. The molecule has 1 aromatic rings. The van der Waals surface area contributed by atoms with Crippen molar-refractivity contribution in [3.63, 3.8) is 0 Å². The van der Waals surface area contributed by atoms with Crippen molar-refractivity contribution in [3.8, 4) is 0 Å². The minimum Gasteiger partial charge on any atom is -0.317 e. The van der Waals surface area contributed by atoms with Gasteiger partial charge < -0.3 is 10.2 Å². The van der Waals surface area contributed by atoms with Crippen LogP contribution in [0.5, 0.6) is 0 Å². The second kappa shape index (κ2) is 4.77. The molecule has 0 atom stereocenters. The van der Waals surface area contributed by atoms with Crippen LogP contribution in [0.4, 0.5) is 5.00 Å². The molecule has 1 aliphatic rings. The molecule has 0 saturated carbocycles. The maximum Gasteiger partial charge on any atom is 0.230 e. The highest BCUT2D eigenvalue weighted by atomic mass is 32.1. The topological polar surface area (TPSA) is 32.3 Å². The molecule has 2 rings (SSSR count). The normalized spacial score (nSPS) is 17.7. The van der Waals surface area contributed by atoms with Crippen molar-refractivity contribution in [3.05, 3.63) is 17.5 Å². The van der Waals surface area contributed by atoms with E-state index in [1.54, 1.807) is 16.2 Å². The summed E-state index contributed by atoms with van der Waals surface area (Å²) in [6, 6.07) is 3.97. The Kier molecular flexibility index (Phi) is 3.38. The van der Waals surface area contributed by atoms with Gasteiger partial charge in [0, 0.05) is 13.0 Å². The van der Waals surface area contributed by atoms with Gasteiger partial charge in [-0.2, -0.15) is 0 Å². The Morgan fingerprint density at radius 3 is 2.87 bits per heavy atom. The smallest absolute Gasteiger partial charge is 0.230 e. The minimum absolute atomic E-state index is 0.207. The molecule has 0 radical (unpaired) electrons. The fourth-order valence-corrected chi connectivity index (χ4v) is 2.61. The van der Waals surface area contributed by atoms with Crippen LogP contribution in [0, 0.1) is 5.92 Å². The Morgan fingerprint density at radius 1 is 1.53 bits per heavy atom. The number of hydrogen-bond donors (Lipinski definition) is 1. The van der Waals surface area contributed by atoms with Crippen LogP contribution in [-0.2, 0) is 4.79 Å². The molecule has 0 unspecified atom stereocenters. The number of amides is 1. The van der Waals surface area contributed by atoms with E-state index in [4.69, 9.17) is 0 Å². The molecule has 1 saturated heterocycles. The predicted octanol–water partition coefficient (Wildman–Crippen LogP) is 1.71. The number of hydrogen-bond acceptors (Lipinski definition) is 3. The van der Waals surface area contributed by atoms with Gasteiger partial charge in [0.05, 0.1) is 5.00 Å². The Morgan fingerprint density at radius 2 is 2.27 bits per heavy atom. The number of anilines is 1. The lowest BCUT2D eigenvalue weighted by Gasteiger charge is -2.26. The first-order chi connectivity index (χ1) is 7.29. The molecule has 1 fully saturated rings. The summed E-state index contributed by atoms with van der Waals surface area (Å²) in [6.45, 7) is 1.93. The zero-order chi connectivity index (χ0) is 10.7. The van der Waals surface area contributed by atoms with Gasteiger partial charge in [-0.05, 0) is 43.4 Å². The third-order valence-corrected chi connectivity index (χ3v) is 3.80. The van der Waals surface area contributed by atoms with Crippen LogP contribution in [-0.4, -0.2) is 26.0 Å². The molecule has 0 aromatic carbocycles. The predicted molar refractivity (Wildman–Crippen MR) is 63.3 cm³/mol. The van der Waals surface area contributed by atoms with Crippen molar-refractivity contribution in [2.24, 2.45) is 5.92 Å². The molecule has 82 valence electrons. The molecule has 0 aliphatic carbocycles. The molecule has 0 spiro atoms. The first-order valence-electron chi connectivity index (χ1n) is 5.31. The van der Waals surface area contributed by atoms with Crippen molar-refractivity contribution < 1.29 is 4.79 Å². The lowest BCUT2D eigenvalue weighted by Crippen LogP contribution is -2.39. The lowest BCUT2D eigenvalue weighted by molar-refractivity contribution is -0.122. The van der Waals surface area contributed by atoms with Gasteiger partial charge in [-0.3, -0.25) is 4.79 Å². The number of nitrogens with zero attached hydrogens (tertiary/aromatic N) is 1. The van der Waals surface area contributed by atoms with Crippen LogP contribution < -0.4 is 10.2 Å². The van der Waals surface area contributed by atoms with Gasteiger partial charge in [0.25, 0.3) is 0 Å². The third-order valence-electron chi connectivity index (χ3n) is 2.86. The van der Waals surface area contributed by atoms with Gasteiger partial charge in [0.2, 0.25) is 5.91 Å². The lowest BCUT2D eigenvalue weighted by atomic mass is 9.97. The maximum atomic E-state index is 12.1. The molecule has 15 heavy (non-hydrogen) atoms. The van der Waals surface area contributed by atoms with E-state index < -0.39 is 0 Å². The summed E-state index contributed by atoms with van der Waals surface area (Å²) in [4.78, 5) is 13.9. The van der Waals surface area contributed by atoms with E-state index >= 15 is 0 Å². The number of carbonyl (C=O) groups excluding carboxylic acids is 1. The van der Waals surface area contributed by atoms with Crippen LogP contribution in [0.2, 0.25) is 0 Å². The van der Waals surface area contributed by atoms with Crippen LogP contribution in [0.1, 0.15) is 12.8 Å². The van der Waals surface area contributed by atoms with Gasteiger partial charge >= 0.3 is 0 Å². The van der Waals surface area contributed by atoms with Gasteiger partial charge in [-0.25, -0.2) is 0 Å². The second-order valence-electron chi connectivity index (χ2n) is 3.87. The van der Waals surface area contributed by atoms with Gasteiger partial charge in [-0.15, -0.1) is 11.3 Å². The number of nitrogens with one attached hydrogen (secondary N) is 1. The Balaban J connectivity index is 2.00. The Labute approximate surface area is 94.1 Å². The summed E-state index contributed by atoms with van der Waals surface area (Å²) in [6.07, 6.45) is 1.93. The van der Waals surface area contributed by atoms with Crippen LogP contribution in [0.25, 0.3) is 0 Å². The monoisotopic (exact) mass is 224 g/mol. The Bertz CT molecular complexity index is 317. The summed E-state index contributed by atoms with van der Waals surface area (Å²) in [5, 5.41) is 6.32. The zero-order valence-electron chi connectivity index (χ0n) is 8.90. The molecular weight excluding hydrogens is 208 g/mol. The molecule has 1 amide bonds.